The van der Waals surface area contributed by atoms with Gasteiger partial charge < -0.3 is 5.32 Å². The Morgan fingerprint density at radius 1 is 0.405 bits per heavy atom. The average Bonchev–Trinajstić information content (AvgIpc) is 3.43. The summed E-state index contributed by atoms with van der Waals surface area (Å²) in [7, 11) is 0. The van der Waals surface area contributed by atoms with E-state index in [0.717, 1.165) is 11.4 Å². The Bertz CT molecular complexity index is 2500. The molecule has 196 valence electrons. The standard InChI is InChI=1S/C40H25NS/c1-6-14-32-25(9-1)17-20-39-40(32)36-22-28(18-19-38(36)42-39)35-24-29(21-26-10-2-5-13-31(26)35)41-37-23-27-11-3-4-12-30(27)33-15-7-8-16-34(33)37/h1-24,41H. The van der Waals surface area contributed by atoms with Crippen LogP contribution in [0.2, 0.25) is 0 Å². The van der Waals surface area contributed by atoms with Crippen LogP contribution in [-0.2, 0) is 0 Å². The molecule has 0 spiro atoms. The Morgan fingerprint density at radius 3 is 1.88 bits per heavy atom. The van der Waals surface area contributed by atoms with Crippen molar-refractivity contribution in [1.82, 2.24) is 0 Å². The normalized spacial score (nSPS) is 11.8. The van der Waals surface area contributed by atoms with Gasteiger partial charge in [0.2, 0.25) is 0 Å². The molecule has 0 amide bonds. The smallest absolute Gasteiger partial charge is 0.0470 e. The Balaban J connectivity index is 1.26. The molecular formula is C40H25NS. The van der Waals surface area contributed by atoms with Gasteiger partial charge in [-0.1, -0.05) is 109 Å². The van der Waals surface area contributed by atoms with Crippen molar-refractivity contribution in [2.24, 2.45) is 0 Å². The number of nitrogens with one attached hydrogen (secondary N) is 1. The molecule has 0 saturated heterocycles. The maximum atomic E-state index is 3.83. The van der Waals surface area contributed by atoms with E-state index >= 15 is 0 Å². The second-order valence-corrected chi connectivity index (χ2v) is 12.1. The van der Waals surface area contributed by atoms with Crippen molar-refractivity contribution < 1.29 is 0 Å². The molecule has 0 bridgehead atoms. The fraction of sp³-hybridized carbons (Fsp3) is 0. The SMILES string of the molecule is c1ccc2c(-c3ccc4sc5ccc6ccccc6c5c4c3)cc(Nc3cc4ccccc4c4ccccc34)cc2c1. The van der Waals surface area contributed by atoms with Crippen molar-refractivity contribution in [2.45, 2.75) is 0 Å². The molecule has 1 N–H and O–H groups in total. The zero-order valence-corrected chi connectivity index (χ0v) is 23.6. The minimum absolute atomic E-state index is 1.09. The van der Waals surface area contributed by atoms with Crippen LogP contribution in [0.5, 0.6) is 0 Å². The lowest BCUT2D eigenvalue weighted by Gasteiger charge is -2.16. The highest BCUT2D eigenvalue weighted by Gasteiger charge is 2.13. The lowest BCUT2D eigenvalue weighted by molar-refractivity contribution is 1.60. The second-order valence-electron chi connectivity index (χ2n) is 11.0. The Labute approximate surface area is 247 Å². The Hall–Kier alpha value is -5.18. The molecule has 1 nitrogen and oxygen atoms in total. The van der Waals surface area contributed by atoms with Crippen LogP contribution in [0.3, 0.4) is 0 Å². The van der Waals surface area contributed by atoms with Crippen molar-refractivity contribution >= 4 is 86.0 Å². The van der Waals surface area contributed by atoms with Crippen molar-refractivity contribution in [3.05, 3.63) is 146 Å². The van der Waals surface area contributed by atoms with Gasteiger partial charge in [0.15, 0.2) is 0 Å². The van der Waals surface area contributed by atoms with E-state index in [1.807, 2.05) is 11.3 Å². The second kappa shape index (κ2) is 9.17. The predicted octanol–water partition coefficient (Wildman–Crippen LogP) is 12.1. The van der Waals surface area contributed by atoms with Gasteiger partial charge in [-0.3, -0.25) is 0 Å². The molecule has 1 aromatic heterocycles. The van der Waals surface area contributed by atoms with Crippen LogP contribution in [0.25, 0.3) is 74.4 Å². The molecular weight excluding hydrogens is 527 g/mol. The minimum atomic E-state index is 1.09. The van der Waals surface area contributed by atoms with Crippen LogP contribution < -0.4 is 5.32 Å². The van der Waals surface area contributed by atoms with E-state index in [2.05, 4.69) is 151 Å². The molecule has 42 heavy (non-hydrogen) atoms. The van der Waals surface area contributed by atoms with Gasteiger partial charge in [0.05, 0.1) is 0 Å². The third-order valence-electron chi connectivity index (χ3n) is 8.58. The molecule has 0 atom stereocenters. The van der Waals surface area contributed by atoms with E-state index in [4.69, 9.17) is 0 Å². The van der Waals surface area contributed by atoms with Gasteiger partial charge in [-0.25, -0.2) is 0 Å². The van der Waals surface area contributed by atoms with Crippen molar-refractivity contribution in [1.29, 1.82) is 0 Å². The van der Waals surface area contributed by atoms with Crippen molar-refractivity contribution in [3.63, 3.8) is 0 Å². The van der Waals surface area contributed by atoms with Crippen molar-refractivity contribution in [2.75, 3.05) is 5.32 Å². The molecule has 2 heteroatoms. The Morgan fingerprint density at radius 2 is 1.05 bits per heavy atom. The number of fused-ring (bicyclic) bond motifs is 9. The number of hydrogen-bond donors (Lipinski definition) is 1. The summed E-state index contributed by atoms with van der Waals surface area (Å²) < 4.78 is 2.66. The highest BCUT2D eigenvalue weighted by molar-refractivity contribution is 7.26. The van der Waals surface area contributed by atoms with Gasteiger partial charge >= 0.3 is 0 Å². The zero-order chi connectivity index (χ0) is 27.6. The van der Waals surface area contributed by atoms with Gasteiger partial charge in [0, 0.05) is 36.9 Å². The third-order valence-corrected chi connectivity index (χ3v) is 9.72. The monoisotopic (exact) mass is 551 g/mol. The summed E-state index contributed by atoms with van der Waals surface area (Å²) in [6.45, 7) is 0. The molecule has 9 aromatic rings. The molecule has 1 heterocycles. The van der Waals surface area contributed by atoms with Crippen LogP contribution in [0, 0.1) is 0 Å². The summed E-state index contributed by atoms with van der Waals surface area (Å²) in [4.78, 5) is 0. The third kappa shape index (κ3) is 3.62. The van der Waals surface area contributed by atoms with Gasteiger partial charge in [-0.2, -0.15) is 0 Å². The fourth-order valence-corrected chi connectivity index (χ4v) is 7.75. The number of anilines is 2. The van der Waals surface area contributed by atoms with Gasteiger partial charge in [-0.05, 0) is 85.2 Å². The highest BCUT2D eigenvalue weighted by Crippen LogP contribution is 2.42. The fourth-order valence-electron chi connectivity index (χ4n) is 6.65. The molecule has 0 aliphatic heterocycles. The number of benzene rings is 8. The first-order chi connectivity index (χ1) is 20.8. The van der Waals surface area contributed by atoms with E-state index in [1.165, 1.54) is 74.4 Å². The summed E-state index contributed by atoms with van der Waals surface area (Å²) in [5.41, 5.74) is 4.68. The summed E-state index contributed by atoms with van der Waals surface area (Å²) in [6.07, 6.45) is 0. The van der Waals surface area contributed by atoms with E-state index < -0.39 is 0 Å². The summed E-state index contributed by atoms with van der Waals surface area (Å²) in [6, 6.07) is 53.2. The summed E-state index contributed by atoms with van der Waals surface area (Å²) in [5, 5.41) is 16.6. The first-order valence-electron chi connectivity index (χ1n) is 14.3. The molecule has 0 aliphatic carbocycles. The van der Waals surface area contributed by atoms with E-state index in [9.17, 15) is 0 Å². The van der Waals surface area contributed by atoms with Gasteiger partial charge in [0.25, 0.3) is 0 Å². The van der Waals surface area contributed by atoms with Gasteiger partial charge in [-0.15, -0.1) is 11.3 Å². The lowest BCUT2D eigenvalue weighted by atomic mass is 9.95. The predicted molar refractivity (Wildman–Crippen MR) is 185 cm³/mol. The maximum absolute atomic E-state index is 3.83. The molecule has 0 radical (unpaired) electrons. The largest absolute Gasteiger partial charge is 0.355 e. The summed E-state index contributed by atoms with van der Waals surface area (Å²) in [5.74, 6) is 0. The van der Waals surface area contributed by atoms with Crippen LogP contribution in [0.4, 0.5) is 11.4 Å². The topological polar surface area (TPSA) is 12.0 Å². The highest BCUT2D eigenvalue weighted by atomic mass is 32.1. The quantitative estimate of drug-likeness (QED) is 0.215. The molecule has 9 rings (SSSR count). The molecule has 0 saturated carbocycles. The summed E-state index contributed by atoms with van der Waals surface area (Å²) >= 11 is 1.88. The Kier molecular flexibility index (Phi) is 5.13. The van der Waals surface area contributed by atoms with E-state index in [0.29, 0.717) is 0 Å². The van der Waals surface area contributed by atoms with Crippen LogP contribution in [0.1, 0.15) is 0 Å². The van der Waals surface area contributed by atoms with E-state index in [-0.39, 0.29) is 0 Å². The lowest BCUT2D eigenvalue weighted by Crippen LogP contribution is -1.94. The van der Waals surface area contributed by atoms with Crippen LogP contribution in [0.15, 0.2) is 146 Å². The van der Waals surface area contributed by atoms with Crippen molar-refractivity contribution in [3.8, 4) is 11.1 Å². The first-order valence-corrected chi connectivity index (χ1v) is 15.2. The van der Waals surface area contributed by atoms with Crippen LogP contribution in [-0.4, -0.2) is 0 Å². The molecule has 8 aromatic carbocycles. The number of thiophene rings is 1. The minimum Gasteiger partial charge on any atom is -0.355 e. The van der Waals surface area contributed by atoms with Crippen LogP contribution >= 0.6 is 11.3 Å². The van der Waals surface area contributed by atoms with E-state index in [1.54, 1.807) is 0 Å². The molecule has 0 fully saturated rings. The first kappa shape index (κ1) is 23.5. The molecule has 0 unspecified atom stereocenters. The number of rotatable bonds is 3. The van der Waals surface area contributed by atoms with Gasteiger partial charge in [0.1, 0.15) is 0 Å². The number of hydrogen-bond acceptors (Lipinski definition) is 2. The molecule has 0 aliphatic rings. The zero-order valence-electron chi connectivity index (χ0n) is 22.8. The average molecular weight is 552 g/mol. The maximum Gasteiger partial charge on any atom is 0.0470 e.